The highest BCUT2D eigenvalue weighted by molar-refractivity contribution is 5.41. The Balaban J connectivity index is 1.74. The van der Waals surface area contributed by atoms with Crippen molar-refractivity contribution in [2.45, 2.75) is 70.1 Å². The maximum Gasteiger partial charge on any atom is 0.0330 e. The Kier molecular flexibility index (Phi) is 4.32. The van der Waals surface area contributed by atoms with Gasteiger partial charge in [-0.1, -0.05) is 30.7 Å². The molecule has 3 unspecified atom stereocenters. The van der Waals surface area contributed by atoms with Crippen LogP contribution in [0.1, 0.15) is 46.5 Å². The summed E-state index contributed by atoms with van der Waals surface area (Å²) in [6.45, 7) is 6.84. The van der Waals surface area contributed by atoms with Gasteiger partial charge in [0.15, 0.2) is 0 Å². The molecule has 3 aliphatic rings. The quantitative estimate of drug-likeness (QED) is 0.634. The van der Waals surface area contributed by atoms with E-state index in [-0.39, 0.29) is 11.6 Å². The van der Waals surface area contributed by atoms with E-state index in [0.717, 1.165) is 6.42 Å². The average Bonchev–Trinajstić information content (AvgIpc) is 2.36. The standard InChI is InChI=1S/C19H31N3/c1-12-8-16(13(2)20)18(12)17(9-14-6-5-7-14)22-19(3)10-15(11-19)21-4/h5-7,12-13,15,17,21-22H,8-11,20H2,1-4H3. The van der Waals surface area contributed by atoms with Gasteiger partial charge in [0, 0.05) is 23.7 Å². The van der Waals surface area contributed by atoms with Crippen molar-refractivity contribution in [1.82, 2.24) is 10.6 Å². The summed E-state index contributed by atoms with van der Waals surface area (Å²) in [6, 6.07) is 1.31. The average molecular weight is 301 g/mol. The topological polar surface area (TPSA) is 50.1 Å². The first-order valence-corrected chi connectivity index (χ1v) is 8.72. The summed E-state index contributed by atoms with van der Waals surface area (Å²) in [5.41, 5.74) is 11.0. The summed E-state index contributed by atoms with van der Waals surface area (Å²) >= 11 is 0. The molecular formula is C19H31N3. The smallest absolute Gasteiger partial charge is 0.0330 e. The number of hydrogen-bond donors (Lipinski definition) is 3. The third-order valence-electron chi connectivity index (χ3n) is 5.74. The fourth-order valence-corrected chi connectivity index (χ4v) is 4.37. The van der Waals surface area contributed by atoms with E-state index in [9.17, 15) is 0 Å². The Bertz CT molecular complexity index is 521. The molecule has 0 radical (unpaired) electrons. The van der Waals surface area contributed by atoms with E-state index in [1.807, 2.05) is 0 Å². The van der Waals surface area contributed by atoms with E-state index in [0.29, 0.717) is 18.0 Å². The highest BCUT2D eigenvalue weighted by Crippen LogP contribution is 2.42. The van der Waals surface area contributed by atoms with Crippen molar-refractivity contribution in [2.75, 3.05) is 7.05 Å². The van der Waals surface area contributed by atoms with Crippen LogP contribution >= 0.6 is 0 Å². The van der Waals surface area contributed by atoms with Crippen LogP contribution in [0.4, 0.5) is 0 Å². The Labute approximate surface area is 135 Å². The molecule has 3 rings (SSSR count). The molecule has 0 aliphatic heterocycles. The molecule has 3 nitrogen and oxygen atoms in total. The van der Waals surface area contributed by atoms with Crippen LogP contribution < -0.4 is 16.4 Å². The molecule has 3 aliphatic carbocycles. The van der Waals surface area contributed by atoms with Crippen LogP contribution in [-0.2, 0) is 0 Å². The van der Waals surface area contributed by atoms with Crippen molar-refractivity contribution >= 4 is 0 Å². The summed E-state index contributed by atoms with van der Waals surface area (Å²) in [4.78, 5) is 0. The van der Waals surface area contributed by atoms with Crippen LogP contribution in [0.5, 0.6) is 0 Å². The molecule has 22 heavy (non-hydrogen) atoms. The Morgan fingerprint density at radius 3 is 2.55 bits per heavy atom. The van der Waals surface area contributed by atoms with Gasteiger partial charge in [-0.2, -0.15) is 0 Å². The molecular weight excluding hydrogens is 270 g/mol. The van der Waals surface area contributed by atoms with Gasteiger partial charge in [-0.3, -0.25) is 0 Å². The van der Waals surface area contributed by atoms with Gasteiger partial charge in [0.25, 0.3) is 0 Å². The Morgan fingerprint density at radius 2 is 2.09 bits per heavy atom. The maximum atomic E-state index is 6.19. The molecule has 122 valence electrons. The van der Waals surface area contributed by atoms with E-state index in [4.69, 9.17) is 5.73 Å². The van der Waals surface area contributed by atoms with Gasteiger partial charge in [0.1, 0.15) is 0 Å². The number of hydrogen-bond acceptors (Lipinski definition) is 3. The second-order valence-electron chi connectivity index (χ2n) is 7.83. The van der Waals surface area contributed by atoms with Crippen molar-refractivity contribution in [1.29, 1.82) is 0 Å². The van der Waals surface area contributed by atoms with Gasteiger partial charge in [-0.15, -0.1) is 0 Å². The lowest BCUT2D eigenvalue weighted by molar-refractivity contribution is 0.139. The molecule has 1 fully saturated rings. The minimum absolute atomic E-state index is 0.195. The van der Waals surface area contributed by atoms with Gasteiger partial charge in [-0.25, -0.2) is 0 Å². The highest BCUT2D eigenvalue weighted by atomic mass is 15.1. The highest BCUT2D eigenvalue weighted by Gasteiger charge is 2.43. The molecule has 3 atom stereocenters. The zero-order valence-electron chi connectivity index (χ0n) is 14.4. The van der Waals surface area contributed by atoms with Gasteiger partial charge < -0.3 is 16.4 Å². The molecule has 0 heterocycles. The second kappa shape index (κ2) is 5.95. The van der Waals surface area contributed by atoms with E-state index in [2.05, 4.69) is 56.7 Å². The van der Waals surface area contributed by atoms with Crippen LogP contribution in [0.25, 0.3) is 0 Å². The molecule has 4 N–H and O–H groups in total. The van der Waals surface area contributed by atoms with Gasteiger partial charge in [0.05, 0.1) is 0 Å². The second-order valence-corrected chi connectivity index (χ2v) is 7.83. The minimum Gasteiger partial charge on any atom is -0.324 e. The summed E-state index contributed by atoms with van der Waals surface area (Å²) in [5.74, 6) is 0.673. The first kappa shape index (κ1) is 16.0. The normalized spacial score (nSPS) is 36.1. The van der Waals surface area contributed by atoms with Crippen molar-refractivity contribution in [3.8, 4) is 0 Å². The fraction of sp³-hybridized carbons (Fsp3) is 0.684. The lowest BCUT2D eigenvalue weighted by Crippen LogP contribution is -2.62. The van der Waals surface area contributed by atoms with E-state index in [1.54, 1.807) is 5.57 Å². The predicted octanol–water partition coefficient (Wildman–Crippen LogP) is 2.66. The molecule has 0 bridgehead atoms. The fourth-order valence-electron chi connectivity index (χ4n) is 4.37. The van der Waals surface area contributed by atoms with Crippen molar-refractivity contribution in [2.24, 2.45) is 11.7 Å². The zero-order chi connectivity index (χ0) is 15.9. The van der Waals surface area contributed by atoms with Gasteiger partial charge in [0.2, 0.25) is 0 Å². The number of nitrogens with two attached hydrogens (primary N) is 1. The summed E-state index contributed by atoms with van der Waals surface area (Å²) in [7, 11) is 2.07. The van der Waals surface area contributed by atoms with E-state index in [1.165, 1.54) is 30.4 Å². The number of rotatable bonds is 7. The molecule has 3 heteroatoms. The summed E-state index contributed by atoms with van der Waals surface area (Å²) < 4.78 is 0. The third kappa shape index (κ3) is 2.94. The van der Waals surface area contributed by atoms with Crippen LogP contribution in [0, 0.1) is 5.92 Å². The van der Waals surface area contributed by atoms with Crippen molar-refractivity contribution in [3.05, 3.63) is 34.9 Å². The molecule has 0 saturated heterocycles. The Morgan fingerprint density at radius 1 is 1.41 bits per heavy atom. The first-order chi connectivity index (χ1) is 10.4. The van der Waals surface area contributed by atoms with E-state index >= 15 is 0 Å². The summed E-state index contributed by atoms with van der Waals surface area (Å²) in [5, 5.41) is 7.37. The molecule has 0 spiro atoms. The van der Waals surface area contributed by atoms with Crippen molar-refractivity contribution < 1.29 is 0 Å². The van der Waals surface area contributed by atoms with Crippen LogP contribution in [0.2, 0.25) is 0 Å². The Hall–Kier alpha value is -0.900. The molecule has 0 aromatic heterocycles. The van der Waals surface area contributed by atoms with E-state index < -0.39 is 0 Å². The molecule has 0 aromatic rings. The van der Waals surface area contributed by atoms with Crippen molar-refractivity contribution in [3.63, 3.8) is 0 Å². The zero-order valence-corrected chi connectivity index (χ0v) is 14.4. The lowest BCUT2D eigenvalue weighted by Gasteiger charge is -2.50. The maximum absolute atomic E-state index is 6.19. The van der Waals surface area contributed by atoms with Crippen LogP contribution in [-0.4, -0.2) is 30.7 Å². The van der Waals surface area contributed by atoms with Crippen LogP contribution in [0.3, 0.4) is 0 Å². The molecule has 1 saturated carbocycles. The van der Waals surface area contributed by atoms with Crippen LogP contribution in [0.15, 0.2) is 34.9 Å². The minimum atomic E-state index is 0.195. The predicted molar refractivity (Wildman–Crippen MR) is 93.7 cm³/mol. The van der Waals surface area contributed by atoms with Gasteiger partial charge >= 0.3 is 0 Å². The molecule has 0 amide bonds. The lowest BCUT2D eigenvalue weighted by atomic mass is 9.68. The number of allylic oxidation sites excluding steroid dienone is 3. The van der Waals surface area contributed by atoms with Gasteiger partial charge in [-0.05, 0) is 63.6 Å². The summed E-state index contributed by atoms with van der Waals surface area (Å²) in [6.07, 6.45) is 11.3. The first-order valence-electron chi connectivity index (χ1n) is 8.72. The SMILES string of the molecule is CNC1CC(C)(NC(CC2=CC=C2)C2=C(C(C)N)CC2C)C1. The molecule has 0 aromatic carbocycles. The largest absolute Gasteiger partial charge is 0.324 e. The third-order valence-corrected chi connectivity index (χ3v) is 5.74. The number of nitrogens with one attached hydrogen (secondary N) is 2. The monoisotopic (exact) mass is 301 g/mol.